The predicted molar refractivity (Wildman–Crippen MR) is 76.4 cm³/mol. The molecule has 18 heavy (non-hydrogen) atoms. The maximum Gasteiger partial charge on any atom is 0.251 e. The van der Waals surface area contributed by atoms with Gasteiger partial charge in [0.15, 0.2) is 0 Å². The summed E-state index contributed by atoms with van der Waals surface area (Å²) in [5.74, 6) is 0.0659. The largest absolute Gasteiger partial charge is 0.348 e. The fraction of sp³-hybridized carbons (Fsp3) is 0.500. The molecule has 1 aliphatic rings. The fourth-order valence-electron chi connectivity index (χ4n) is 2.29. The lowest BCUT2D eigenvalue weighted by atomic mass is 10.0. The van der Waals surface area contributed by atoms with Crippen molar-refractivity contribution in [3.05, 3.63) is 35.4 Å². The van der Waals surface area contributed by atoms with Gasteiger partial charge in [-0.1, -0.05) is 25.1 Å². The van der Waals surface area contributed by atoms with E-state index in [1.807, 2.05) is 24.3 Å². The van der Waals surface area contributed by atoms with Crippen molar-refractivity contribution in [1.82, 2.24) is 10.6 Å². The molecule has 0 radical (unpaired) electrons. The van der Waals surface area contributed by atoms with Gasteiger partial charge in [0.2, 0.25) is 0 Å². The molecule has 1 heterocycles. The monoisotopic (exact) mass is 268 g/mol. The smallest absolute Gasteiger partial charge is 0.251 e. The Morgan fingerprint density at radius 2 is 2.22 bits per heavy atom. The van der Waals surface area contributed by atoms with Crippen LogP contribution in [0.2, 0.25) is 0 Å². The third-order valence-electron chi connectivity index (χ3n) is 3.27. The highest BCUT2D eigenvalue weighted by Gasteiger charge is 2.17. The van der Waals surface area contributed by atoms with E-state index in [9.17, 15) is 4.79 Å². The summed E-state index contributed by atoms with van der Waals surface area (Å²) in [6.45, 7) is 4.03. The molecule has 1 atom stereocenters. The molecule has 2 N–H and O–H groups in total. The van der Waals surface area contributed by atoms with E-state index in [4.69, 9.17) is 0 Å². The summed E-state index contributed by atoms with van der Waals surface area (Å²) in [6, 6.07) is 8.12. The average Bonchev–Trinajstić information content (AvgIpc) is 2.40. The molecule has 1 fully saturated rings. The molecule has 1 aromatic carbocycles. The molecule has 4 heteroatoms. The predicted octanol–water partition coefficient (Wildman–Crippen LogP) is 2.15. The van der Waals surface area contributed by atoms with E-state index in [0.29, 0.717) is 0 Å². The molecule has 1 saturated heterocycles. The number of hydrogen-bond donors (Lipinski definition) is 2. The number of rotatable bonds is 3. The van der Waals surface area contributed by atoms with E-state index in [1.165, 1.54) is 0 Å². The van der Waals surface area contributed by atoms with Crippen molar-refractivity contribution in [3.8, 4) is 0 Å². The summed E-state index contributed by atoms with van der Waals surface area (Å²) in [7, 11) is 0. The average molecular weight is 269 g/mol. The Labute approximate surface area is 115 Å². The zero-order valence-corrected chi connectivity index (χ0v) is 11.6. The minimum Gasteiger partial charge on any atom is -0.348 e. The zero-order valence-electron chi connectivity index (χ0n) is 10.7. The third kappa shape index (κ3) is 3.72. The van der Waals surface area contributed by atoms with Gasteiger partial charge in [-0.2, -0.15) is 0 Å². The van der Waals surface area contributed by atoms with Crippen LogP contribution in [0.25, 0.3) is 0 Å². The van der Waals surface area contributed by atoms with Crippen molar-refractivity contribution in [2.75, 3.05) is 13.1 Å². The highest BCUT2D eigenvalue weighted by atomic mass is 35.5. The summed E-state index contributed by atoms with van der Waals surface area (Å²) in [6.07, 6.45) is 3.11. The van der Waals surface area contributed by atoms with Crippen molar-refractivity contribution in [2.24, 2.45) is 0 Å². The minimum atomic E-state index is 0. The van der Waals surface area contributed by atoms with Crippen LogP contribution in [-0.4, -0.2) is 25.0 Å². The molecular formula is C14H21ClN2O. The van der Waals surface area contributed by atoms with Crippen LogP contribution in [0.5, 0.6) is 0 Å². The highest BCUT2D eigenvalue weighted by Crippen LogP contribution is 2.10. The highest BCUT2D eigenvalue weighted by molar-refractivity contribution is 5.95. The van der Waals surface area contributed by atoms with Crippen LogP contribution in [-0.2, 0) is 6.42 Å². The van der Waals surface area contributed by atoms with Gasteiger partial charge in [-0.05, 0) is 37.4 Å². The summed E-state index contributed by atoms with van der Waals surface area (Å²) >= 11 is 0. The van der Waals surface area contributed by atoms with Crippen molar-refractivity contribution in [1.29, 1.82) is 0 Å². The molecule has 0 aromatic heterocycles. The maximum absolute atomic E-state index is 12.2. The van der Waals surface area contributed by atoms with E-state index < -0.39 is 0 Å². The Bertz CT molecular complexity index is 389. The van der Waals surface area contributed by atoms with Crippen molar-refractivity contribution in [3.63, 3.8) is 0 Å². The Hall–Kier alpha value is -1.06. The van der Waals surface area contributed by atoms with Gasteiger partial charge >= 0.3 is 0 Å². The van der Waals surface area contributed by atoms with Gasteiger partial charge < -0.3 is 10.6 Å². The van der Waals surface area contributed by atoms with Gasteiger partial charge in [0.05, 0.1) is 0 Å². The van der Waals surface area contributed by atoms with Gasteiger partial charge in [0, 0.05) is 18.2 Å². The second-order valence-corrected chi connectivity index (χ2v) is 4.53. The number of piperidine rings is 1. The molecule has 100 valence electrons. The molecule has 1 aliphatic heterocycles. The summed E-state index contributed by atoms with van der Waals surface area (Å²) < 4.78 is 0. The fourth-order valence-corrected chi connectivity index (χ4v) is 2.29. The van der Waals surface area contributed by atoms with E-state index in [2.05, 4.69) is 17.6 Å². The Morgan fingerprint density at radius 3 is 2.89 bits per heavy atom. The molecule has 1 unspecified atom stereocenters. The number of amides is 1. The first-order chi connectivity index (χ1) is 8.31. The Morgan fingerprint density at radius 1 is 1.44 bits per heavy atom. The topological polar surface area (TPSA) is 41.1 Å². The first kappa shape index (κ1) is 15.0. The maximum atomic E-state index is 12.2. The van der Waals surface area contributed by atoms with E-state index >= 15 is 0 Å². The van der Waals surface area contributed by atoms with E-state index in [-0.39, 0.29) is 24.4 Å². The van der Waals surface area contributed by atoms with Crippen molar-refractivity contribution >= 4 is 18.3 Å². The lowest BCUT2D eigenvalue weighted by Gasteiger charge is -2.24. The van der Waals surface area contributed by atoms with Crippen molar-refractivity contribution < 1.29 is 4.79 Å². The first-order valence-corrected chi connectivity index (χ1v) is 6.40. The quantitative estimate of drug-likeness (QED) is 0.882. The third-order valence-corrected chi connectivity index (χ3v) is 3.27. The van der Waals surface area contributed by atoms with E-state index in [0.717, 1.165) is 43.5 Å². The van der Waals surface area contributed by atoms with Gasteiger partial charge in [-0.15, -0.1) is 12.4 Å². The molecular weight excluding hydrogens is 248 g/mol. The van der Waals surface area contributed by atoms with Gasteiger partial charge in [0.1, 0.15) is 0 Å². The number of benzene rings is 1. The lowest BCUT2D eigenvalue weighted by Crippen LogP contribution is -2.45. The number of aryl methyl sites for hydroxylation is 1. The normalized spacial score (nSPS) is 18.8. The second kappa shape index (κ2) is 7.39. The van der Waals surface area contributed by atoms with Crippen LogP contribution in [0, 0.1) is 0 Å². The molecule has 1 amide bonds. The number of nitrogens with one attached hydrogen (secondary N) is 2. The molecule has 0 aliphatic carbocycles. The summed E-state index contributed by atoms with van der Waals surface area (Å²) in [4.78, 5) is 12.2. The summed E-state index contributed by atoms with van der Waals surface area (Å²) in [5.41, 5.74) is 1.94. The van der Waals surface area contributed by atoms with Crippen LogP contribution < -0.4 is 10.6 Å². The molecule has 0 saturated carbocycles. The lowest BCUT2D eigenvalue weighted by molar-refractivity contribution is 0.0930. The molecule has 2 rings (SSSR count). The Balaban J connectivity index is 0.00000162. The van der Waals surface area contributed by atoms with Crippen LogP contribution in [0.1, 0.15) is 35.7 Å². The molecule has 1 aromatic rings. The van der Waals surface area contributed by atoms with Gasteiger partial charge in [-0.25, -0.2) is 0 Å². The van der Waals surface area contributed by atoms with Gasteiger partial charge in [-0.3, -0.25) is 4.79 Å². The number of carbonyl (C=O) groups is 1. The van der Waals surface area contributed by atoms with Crippen LogP contribution in [0.3, 0.4) is 0 Å². The zero-order chi connectivity index (χ0) is 12.1. The van der Waals surface area contributed by atoms with Crippen LogP contribution in [0.4, 0.5) is 0 Å². The number of hydrogen-bond acceptors (Lipinski definition) is 2. The second-order valence-electron chi connectivity index (χ2n) is 4.53. The first-order valence-electron chi connectivity index (χ1n) is 6.40. The SMILES string of the molecule is CCc1ccccc1C(=O)NC1CCCNC1.Cl. The molecule has 3 nitrogen and oxygen atoms in total. The standard InChI is InChI=1S/C14H20N2O.ClH/c1-2-11-6-3-4-8-13(11)14(17)16-12-7-5-9-15-10-12;/h3-4,6,8,12,15H,2,5,7,9-10H2,1H3,(H,16,17);1H. The summed E-state index contributed by atoms with van der Waals surface area (Å²) in [5, 5.41) is 6.41. The number of carbonyl (C=O) groups excluding carboxylic acids is 1. The number of halogens is 1. The van der Waals surface area contributed by atoms with Crippen LogP contribution in [0.15, 0.2) is 24.3 Å². The van der Waals surface area contributed by atoms with Crippen LogP contribution >= 0.6 is 12.4 Å². The van der Waals surface area contributed by atoms with Gasteiger partial charge in [0.25, 0.3) is 5.91 Å². The minimum absolute atomic E-state index is 0. The molecule has 0 spiro atoms. The molecule has 0 bridgehead atoms. The van der Waals surface area contributed by atoms with E-state index in [1.54, 1.807) is 0 Å². The Kier molecular flexibility index (Phi) is 6.16. The van der Waals surface area contributed by atoms with Crippen molar-refractivity contribution in [2.45, 2.75) is 32.2 Å².